The highest BCUT2D eigenvalue weighted by Gasteiger charge is 2.50. The van der Waals surface area contributed by atoms with Crippen LogP contribution >= 0.6 is 11.6 Å². The van der Waals surface area contributed by atoms with Gasteiger partial charge in [0.2, 0.25) is 0 Å². The molecule has 3 aromatic carbocycles. The van der Waals surface area contributed by atoms with Gasteiger partial charge in [-0.05, 0) is 86.6 Å². The van der Waals surface area contributed by atoms with E-state index in [1.54, 1.807) is 6.92 Å². The average molecular weight is 600 g/mol. The molecule has 0 unspecified atom stereocenters. The Labute approximate surface area is 257 Å². The number of benzene rings is 3. The minimum Gasteiger partial charge on any atom is -0.480 e. The van der Waals surface area contributed by atoms with Crippen LogP contribution in [0.2, 0.25) is 5.02 Å². The van der Waals surface area contributed by atoms with Crippen molar-refractivity contribution in [3.05, 3.63) is 110 Å². The number of likely N-dealkylation sites (tertiary alicyclic amines) is 1. The van der Waals surface area contributed by atoms with Crippen molar-refractivity contribution in [2.45, 2.75) is 77.0 Å². The lowest BCUT2D eigenvalue weighted by Crippen LogP contribution is -2.58. The fraction of sp³-hybridized carbons (Fsp3) is 0.389. The first-order valence-electron chi connectivity index (χ1n) is 15.2. The summed E-state index contributed by atoms with van der Waals surface area (Å²) in [5.74, 6) is 0.312. The van der Waals surface area contributed by atoms with Crippen molar-refractivity contribution < 1.29 is 19.1 Å². The van der Waals surface area contributed by atoms with Crippen LogP contribution in [-0.4, -0.2) is 34.2 Å². The molecule has 7 heteroatoms. The van der Waals surface area contributed by atoms with Gasteiger partial charge < -0.3 is 19.2 Å². The van der Waals surface area contributed by atoms with E-state index < -0.39 is 11.7 Å². The third-order valence-corrected chi connectivity index (χ3v) is 9.68. The van der Waals surface area contributed by atoms with Crippen LogP contribution in [0.3, 0.4) is 0 Å². The summed E-state index contributed by atoms with van der Waals surface area (Å²) in [5.41, 5.74) is 3.49. The maximum atomic E-state index is 14.2. The van der Waals surface area contributed by atoms with Gasteiger partial charge >= 0.3 is 5.63 Å². The number of halogens is 1. The summed E-state index contributed by atoms with van der Waals surface area (Å²) in [4.78, 5) is 29.2. The highest BCUT2D eigenvalue weighted by atomic mass is 35.5. The Morgan fingerprint density at radius 2 is 1.84 bits per heavy atom. The Kier molecular flexibility index (Phi) is 8.10. The molecule has 224 valence electrons. The third-order valence-electron chi connectivity index (χ3n) is 9.42. The van der Waals surface area contributed by atoms with Crippen molar-refractivity contribution in [1.29, 1.82) is 0 Å². The Morgan fingerprint density at radius 3 is 2.58 bits per heavy atom. The summed E-state index contributed by atoms with van der Waals surface area (Å²) < 4.78 is 12.3. The van der Waals surface area contributed by atoms with E-state index in [-0.39, 0.29) is 23.5 Å². The summed E-state index contributed by atoms with van der Waals surface area (Å²) in [7, 11) is 0. The lowest BCUT2D eigenvalue weighted by atomic mass is 9.66. The van der Waals surface area contributed by atoms with Crippen LogP contribution in [0.25, 0.3) is 11.0 Å². The van der Waals surface area contributed by atoms with Crippen LogP contribution in [-0.2, 0) is 11.2 Å². The zero-order valence-electron chi connectivity index (χ0n) is 24.9. The van der Waals surface area contributed by atoms with Crippen LogP contribution in [0.5, 0.6) is 5.75 Å². The summed E-state index contributed by atoms with van der Waals surface area (Å²) in [5, 5.41) is 13.0. The maximum Gasteiger partial charge on any atom is 0.340 e. The molecule has 1 N–H and O–H groups in total. The molecule has 1 aliphatic heterocycles. The average Bonchev–Trinajstić information content (AvgIpc) is 2.98. The second-order valence-corrected chi connectivity index (χ2v) is 12.7. The molecule has 2 fully saturated rings. The predicted molar refractivity (Wildman–Crippen MR) is 169 cm³/mol. The van der Waals surface area contributed by atoms with Gasteiger partial charge in [-0.25, -0.2) is 4.79 Å². The fourth-order valence-corrected chi connectivity index (χ4v) is 7.34. The van der Waals surface area contributed by atoms with Crippen molar-refractivity contribution in [2.75, 3.05) is 6.54 Å². The molecule has 6 nitrogen and oxygen atoms in total. The van der Waals surface area contributed by atoms with E-state index in [0.29, 0.717) is 46.7 Å². The normalized spacial score (nSPS) is 22.7. The molecule has 4 aromatic rings. The molecule has 2 aliphatic rings. The molecule has 6 rings (SSSR count). The van der Waals surface area contributed by atoms with Crippen molar-refractivity contribution in [3.63, 3.8) is 0 Å². The standard InChI is InChI=1S/C36H38ClNO5/c1-22-19-30(32-23(2)28(35(40)43-31(32)20-22)21-25-9-5-4-6-10-25)42-24(3)34(39)38-18-17-36(41)16-8-7-11-29(36)33(38)26-12-14-27(37)15-13-26/h4-6,9-10,12-15,19-20,24,29,33,41H,7-8,11,16-18,21H2,1-3H3/t24-,29-,33-,36-/m1/s1. The number of hydrogen-bond acceptors (Lipinski definition) is 5. The topological polar surface area (TPSA) is 80.0 Å². The first-order valence-corrected chi connectivity index (χ1v) is 15.6. The maximum absolute atomic E-state index is 14.2. The zero-order valence-corrected chi connectivity index (χ0v) is 25.7. The number of rotatable bonds is 6. The molecule has 1 saturated carbocycles. The van der Waals surface area contributed by atoms with E-state index in [9.17, 15) is 14.7 Å². The summed E-state index contributed by atoms with van der Waals surface area (Å²) >= 11 is 6.22. The SMILES string of the molecule is Cc1cc(O[C@H](C)C(=O)N2CC[C@]3(O)CCCC[C@@H]3[C@H]2c2ccc(Cl)cc2)c2c(C)c(Cc3ccccc3)c(=O)oc2c1. The molecular weight excluding hydrogens is 562 g/mol. The Balaban J connectivity index is 1.34. The van der Waals surface area contributed by atoms with Gasteiger partial charge in [-0.3, -0.25) is 4.79 Å². The zero-order chi connectivity index (χ0) is 30.3. The third kappa shape index (κ3) is 5.71. The van der Waals surface area contributed by atoms with Gasteiger partial charge in [-0.1, -0.05) is 66.9 Å². The number of amides is 1. The van der Waals surface area contributed by atoms with Crippen molar-refractivity contribution >= 4 is 28.5 Å². The second kappa shape index (κ2) is 11.8. The molecule has 1 aliphatic carbocycles. The van der Waals surface area contributed by atoms with Gasteiger partial charge in [0.25, 0.3) is 5.91 Å². The Hall–Kier alpha value is -3.61. The van der Waals surface area contributed by atoms with E-state index >= 15 is 0 Å². The van der Waals surface area contributed by atoms with E-state index in [1.807, 2.05) is 85.5 Å². The monoisotopic (exact) mass is 599 g/mol. The first-order chi connectivity index (χ1) is 20.6. The highest BCUT2D eigenvalue weighted by Crippen LogP contribution is 2.49. The van der Waals surface area contributed by atoms with Crippen LogP contribution in [0.15, 0.2) is 75.9 Å². The second-order valence-electron chi connectivity index (χ2n) is 12.3. The van der Waals surface area contributed by atoms with Crippen LogP contribution in [0, 0.1) is 19.8 Å². The fourth-order valence-electron chi connectivity index (χ4n) is 7.21. The number of carbonyl (C=O) groups is 1. The number of piperidine rings is 1. The lowest BCUT2D eigenvalue weighted by molar-refractivity contribution is -0.161. The van der Waals surface area contributed by atoms with Crippen LogP contribution < -0.4 is 10.4 Å². The molecular formula is C36H38ClNO5. The number of carbonyl (C=O) groups excluding carboxylic acids is 1. The molecule has 1 amide bonds. The van der Waals surface area contributed by atoms with E-state index in [4.69, 9.17) is 20.8 Å². The lowest BCUT2D eigenvalue weighted by Gasteiger charge is -2.53. The summed E-state index contributed by atoms with van der Waals surface area (Å²) in [6.07, 6.45) is 3.80. The van der Waals surface area contributed by atoms with E-state index in [1.165, 1.54) is 0 Å². The Bertz CT molecular complexity index is 1700. The number of ether oxygens (including phenoxy) is 1. The van der Waals surface area contributed by atoms with Gasteiger partial charge in [-0.15, -0.1) is 0 Å². The van der Waals surface area contributed by atoms with E-state index in [2.05, 4.69) is 0 Å². The molecule has 0 bridgehead atoms. The predicted octanol–water partition coefficient (Wildman–Crippen LogP) is 7.32. The van der Waals surface area contributed by atoms with Crippen molar-refractivity contribution in [2.24, 2.45) is 5.92 Å². The van der Waals surface area contributed by atoms with Crippen molar-refractivity contribution in [3.8, 4) is 5.75 Å². The summed E-state index contributed by atoms with van der Waals surface area (Å²) in [6.45, 7) is 6.04. The van der Waals surface area contributed by atoms with Gasteiger partial charge in [0.15, 0.2) is 6.10 Å². The molecule has 1 saturated heterocycles. The van der Waals surface area contributed by atoms with Crippen LogP contribution in [0.4, 0.5) is 0 Å². The van der Waals surface area contributed by atoms with Gasteiger partial charge in [0.05, 0.1) is 17.0 Å². The van der Waals surface area contributed by atoms with Crippen LogP contribution in [0.1, 0.15) is 72.9 Å². The molecule has 1 aromatic heterocycles. The number of fused-ring (bicyclic) bond motifs is 2. The minimum atomic E-state index is -0.807. The number of aryl methyl sites for hydroxylation is 2. The Morgan fingerprint density at radius 1 is 1.09 bits per heavy atom. The minimum absolute atomic E-state index is 0.0656. The number of hydrogen-bond donors (Lipinski definition) is 1. The molecule has 0 spiro atoms. The number of nitrogens with zero attached hydrogens (tertiary/aromatic N) is 1. The smallest absolute Gasteiger partial charge is 0.340 e. The number of aliphatic hydroxyl groups is 1. The largest absolute Gasteiger partial charge is 0.480 e. The molecule has 0 radical (unpaired) electrons. The van der Waals surface area contributed by atoms with Gasteiger partial charge in [0.1, 0.15) is 11.3 Å². The molecule has 4 atom stereocenters. The highest BCUT2D eigenvalue weighted by molar-refractivity contribution is 6.30. The molecule has 43 heavy (non-hydrogen) atoms. The first kappa shape index (κ1) is 29.5. The van der Waals surface area contributed by atoms with Gasteiger partial charge in [0, 0.05) is 29.5 Å². The quantitative estimate of drug-likeness (QED) is 0.235. The van der Waals surface area contributed by atoms with E-state index in [0.717, 1.165) is 47.9 Å². The summed E-state index contributed by atoms with van der Waals surface area (Å²) in [6, 6.07) is 20.9. The van der Waals surface area contributed by atoms with Gasteiger partial charge in [-0.2, -0.15) is 0 Å². The molecule has 2 heterocycles. The van der Waals surface area contributed by atoms with Crippen molar-refractivity contribution in [1.82, 2.24) is 4.90 Å².